The Balaban J connectivity index is 1.79. The van der Waals surface area contributed by atoms with Crippen LogP contribution in [0, 0.1) is 0 Å². The van der Waals surface area contributed by atoms with Gasteiger partial charge < -0.3 is 10.6 Å². The lowest BCUT2D eigenvalue weighted by molar-refractivity contribution is -0.116. The van der Waals surface area contributed by atoms with Crippen molar-refractivity contribution in [2.75, 3.05) is 25.0 Å². The topological polar surface area (TPSA) is 61.4 Å². The van der Waals surface area contributed by atoms with E-state index in [4.69, 9.17) is 0 Å². The largest absolute Gasteiger partial charge is 0.351 e. The summed E-state index contributed by atoms with van der Waals surface area (Å²) in [6.07, 6.45) is 0.247. The standard InChI is InChI=1S/C19H25N3O2S/c1-3-22(4-2)14-15-7-5-8-16(13-15)21-18(23)10-11-20-19(24)17-9-6-12-25-17/h5-9,12-13H,3-4,10-11,14H2,1-2H3,(H,20,24)(H,21,23). The molecule has 0 aliphatic carbocycles. The van der Waals surface area contributed by atoms with Crippen molar-refractivity contribution >= 4 is 28.8 Å². The Morgan fingerprint density at radius 2 is 1.92 bits per heavy atom. The van der Waals surface area contributed by atoms with Gasteiger partial charge in [0.15, 0.2) is 0 Å². The van der Waals surface area contributed by atoms with Crippen LogP contribution in [0.15, 0.2) is 41.8 Å². The first-order valence-corrected chi connectivity index (χ1v) is 9.43. The minimum absolute atomic E-state index is 0.105. The number of thiophene rings is 1. The van der Waals surface area contributed by atoms with Crippen LogP contribution in [-0.4, -0.2) is 36.3 Å². The van der Waals surface area contributed by atoms with Gasteiger partial charge in [0.05, 0.1) is 4.88 Å². The zero-order valence-corrected chi connectivity index (χ0v) is 15.6. The fraction of sp³-hybridized carbons (Fsp3) is 0.368. The number of carbonyl (C=O) groups excluding carboxylic acids is 2. The summed E-state index contributed by atoms with van der Waals surface area (Å²) in [7, 11) is 0. The lowest BCUT2D eigenvalue weighted by atomic mass is 10.2. The van der Waals surface area contributed by atoms with Crippen molar-refractivity contribution in [3.8, 4) is 0 Å². The molecule has 1 aromatic heterocycles. The van der Waals surface area contributed by atoms with Gasteiger partial charge in [-0.25, -0.2) is 0 Å². The molecule has 25 heavy (non-hydrogen) atoms. The maximum absolute atomic E-state index is 12.1. The molecule has 0 spiro atoms. The molecule has 0 saturated heterocycles. The van der Waals surface area contributed by atoms with Crippen LogP contribution in [0.3, 0.4) is 0 Å². The molecule has 0 unspecified atom stereocenters. The van der Waals surface area contributed by atoms with E-state index in [1.807, 2.05) is 29.6 Å². The number of hydrogen-bond acceptors (Lipinski definition) is 4. The summed E-state index contributed by atoms with van der Waals surface area (Å²) in [6.45, 7) is 7.46. The first kappa shape index (κ1) is 19.1. The average Bonchev–Trinajstić information content (AvgIpc) is 3.14. The molecule has 0 fully saturated rings. The first-order chi connectivity index (χ1) is 12.1. The van der Waals surface area contributed by atoms with Crippen LogP contribution in [0.5, 0.6) is 0 Å². The average molecular weight is 359 g/mol. The molecule has 0 atom stereocenters. The van der Waals surface area contributed by atoms with Gasteiger partial charge in [0.2, 0.25) is 5.91 Å². The normalized spacial score (nSPS) is 10.7. The number of rotatable bonds is 9. The van der Waals surface area contributed by atoms with Gasteiger partial charge >= 0.3 is 0 Å². The second-order valence-corrected chi connectivity index (χ2v) is 6.64. The Morgan fingerprint density at radius 3 is 2.60 bits per heavy atom. The highest BCUT2D eigenvalue weighted by Crippen LogP contribution is 2.13. The molecule has 0 radical (unpaired) electrons. The molecule has 1 aromatic carbocycles. The molecule has 2 rings (SSSR count). The number of nitrogens with one attached hydrogen (secondary N) is 2. The Bertz CT molecular complexity index is 682. The molecular weight excluding hydrogens is 334 g/mol. The maximum atomic E-state index is 12.1. The van der Waals surface area contributed by atoms with Crippen LogP contribution in [-0.2, 0) is 11.3 Å². The second-order valence-electron chi connectivity index (χ2n) is 5.69. The minimum Gasteiger partial charge on any atom is -0.351 e. The third-order valence-corrected chi connectivity index (χ3v) is 4.76. The van der Waals surface area contributed by atoms with E-state index in [2.05, 4.69) is 35.4 Å². The Labute approximate surface area is 153 Å². The van der Waals surface area contributed by atoms with E-state index in [1.54, 1.807) is 6.07 Å². The van der Waals surface area contributed by atoms with Crippen molar-refractivity contribution in [2.45, 2.75) is 26.8 Å². The van der Waals surface area contributed by atoms with Crippen LogP contribution in [0.25, 0.3) is 0 Å². The van der Waals surface area contributed by atoms with E-state index in [0.29, 0.717) is 11.4 Å². The Hall–Kier alpha value is -2.18. The van der Waals surface area contributed by atoms with Crippen molar-refractivity contribution in [1.29, 1.82) is 0 Å². The molecule has 5 nitrogen and oxygen atoms in total. The summed E-state index contributed by atoms with van der Waals surface area (Å²) in [6, 6.07) is 11.5. The zero-order chi connectivity index (χ0) is 18.1. The zero-order valence-electron chi connectivity index (χ0n) is 14.7. The number of anilines is 1. The summed E-state index contributed by atoms with van der Waals surface area (Å²) in [5.41, 5.74) is 1.96. The molecule has 0 aliphatic heterocycles. The van der Waals surface area contributed by atoms with E-state index >= 15 is 0 Å². The molecule has 0 bridgehead atoms. The number of benzene rings is 1. The van der Waals surface area contributed by atoms with Crippen LogP contribution in [0.2, 0.25) is 0 Å². The summed E-state index contributed by atoms with van der Waals surface area (Å²) in [5.74, 6) is -0.240. The summed E-state index contributed by atoms with van der Waals surface area (Å²) in [4.78, 5) is 26.8. The van der Waals surface area contributed by atoms with Crippen LogP contribution >= 0.6 is 11.3 Å². The molecule has 2 aromatic rings. The van der Waals surface area contributed by atoms with Crippen molar-refractivity contribution in [1.82, 2.24) is 10.2 Å². The van der Waals surface area contributed by atoms with Gasteiger partial charge in [0, 0.05) is 25.2 Å². The highest BCUT2D eigenvalue weighted by atomic mass is 32.1. The van der Waals surface area contributed by atoms with E-state index in [9.17, 15) is 9.59 Å². The van der Waals surface area contributed by atoms with Crippen molar-refractivity contribution in [3.05, 3.63) is 52.2 Å². The molecule has 2 amide bonds. The van der Waals surface area contributed by atoms with Gasteiger partial charge in [0.25, 0.3) is 5.91 Å². The first-order valence-electron chi connectivity index (χ1n) is 8.55. The predicted molar refractivity (Wildman–Crippen MR) is 103 cm³/mol. The molecule has 2 N–H and O–H groups in total. The van der Waals surface area contributed by atoms with Gasteiger partial charge in [-0.1, -0.05) is 32.0 Å². The lowest BCUT2D eigenvalue weighted by Gasteiger charge is -2.18. The number of amides is 2. The fourth-order valence-corrected chi connectivity index (χ4v) is 3.10. The number of carbonyl (C=O) groups is 2. The third kappa shape index (κ3) is 6.32. The Kier molecular flexibility index (Phi) is 7.63. The van der Waals surface area contributed by atoms with Crippen molar-refractivity contribution < 1.29 is 9.59 Å². The molecule has 1 heterocycles. The van der Waals surface area contributed by atoms with E-state index < -0.39 is 0 Å². The second kappa shape index (κ2) is 9.96. The molecular formula is C19H25N3O2S. The van der Waals surface area contributed by atoms with E-state index in [0.717, 1.165) is 25.3 Å². The number of hydrogen-bond donors (Lipinski definition) is 2. The van der Waals surface area contributed by atoms with Gasteiger partial charge in [-0.05, 0) is 42.2 Å². The number of nitrogens with zero attached hydrogens (tertiary/aromatic N) is 1. The molecule has 134 valence electrons. The highest BCUT2D eigenvalue weighted by molar-refractivity contribution is 7.12. The van der Waals surface area contributed by atoms with Gasteiger partial charge in [-0.15, -0.1) is 11.3 Å². The summed E-state index contributed by atoms with van der Waals surface area (Å²) >= 11 is 1.39. The quantitative estimate of drug-likeness (QED) is 0.722. The monoisotopic (exact) mass is 359 g/mol. The van der Waals surface area contributed by atoms with Crippen molar-refractivity contribution in [3.63, 3.8) is 0 Å². The third-order valence-electron chi connectivity index (χ3n) is 3.89. The summed E-state index contributed by atoms with van der Waals surface area (Å²) in [5, 5.41) is 7.51. The van der Waals surface area contributed by atoms with Gasteiger partial charge in [-0.2, -0.15) is 0 Å². The van der Waals surface area contributed by atoms with Gasteiger partial charge in [-0.3, -0.25) is 14.5 Å². The van der Waals surface area contributed by atoms with Crippen LogP contribution in [0.1, 0.15) is 35.5 Å². The minimum atomic E-state index is -0.135. The summed E-state index contributed by atoms with van der Waals surface area (Å²) < 4.78 is 0. The predicted octanol–water partition coefficient (Wildman–Crippen LogP) is 3.35. The lowest BCUT2D eigenvalue weighted by Crippen LogP contribution is -2.27. The smallest absolute Gasteiger partial charge is 0.261 e. The van der Waals surface area contributed by atoms with Crippen LogP contribution in [0.4, 0.5) is 5.69 Å². The van der Waals surface area contributed by atoms with Crippen molar-refractivity contribution in [2.24, 2.45) is 0 Å². The van der Waals surface area contributed by atoms with Gasteiger partial charge in [0.1, 0.15) is 0 Å². The Morgan fingerprint density at radius 1 is 1.12 bits per heavy atom. The van der Waals surface area contributed by atoms with Crippen LogP contribution < -0.4 is 10.6 Å². The SMILES string of the molecule is CCN(CC)Cc1cccc(NC(=O)CCNC(=O)c2cccs2)c1. The molecule has 6 heteroatoms. The fourth-order valence-electron chi connectivity index (χ4n) is 2.46. The van der Waals surface area contributed by atoms with E-state index in [-0.39, 0.29) is 18.2 Å². The molecule has 0 aliphatic rings. The molecule has 0 saturated carbocycles. The van der Waals surface area contributed by atoms with E-state index in [1.165, 1.54) is 16.9 Å². The highest BCUT2D eigenvalue weighted by Gasteiger charge is 2.08. The maximum Gasteiger partial charge on any atom is 0.261 e.